The number of aliphatic hydroxyl groups is 1. The molecule has 0 saturated carbocycles. The highest BCUT2D eigenvalue weighted by atomic mass is 16.3. The van der Waals surface area contributed by atoms with E-state index >= 15 is 0 Å². The van der Waals surface area contributed by atoms with Crippen molar-refractivity contribution < 1.29 is 19.5 Å². The van der Waals surface area contributed by atoms with E-state index in [4.69, 9.17) is 0 Å². The van der Waals surface area contributed by atoms with Crippen LogP contribution in [0.25, 0.3) is 6.08 Å². The molecule has 2 aromatic rings. The summed E-state index contributed by atoms with van der Waals surface area (Å²) in [4.78, 5) is 37.7. The summed E-state index contributed by atoms with van der Waals surface area (Å²) in [7, 11) is 0. The van der Waals surface area contributed by atoms with E-state index in [0.717, 1.165) is 24.0 Å². The van der Waals surface area contributed by atoms with Gasteiger partial charge in [0, 0.05) is 25.0 Å². The molecule has 1 fully saturated rings. The predicted octanol–water partition coefficient (Wildman–Crippen LogP) is 1.82. The van der Waals surface area contributed by atoms with Crippen molar-refractivity contribution in [2.45, 2.75) is 37.8 Å². The third kappa shape index (κ3) is 7.88. The van der Waals surface area contributed by atoms with Crippen LogP contribution in [0.1, 0.15) is 30.4 Å². The third-order valence-corrected chi connectivity index (χ3v) is 5.68. The second-order valence-corrected chi connectivity index (χ2v) is 8.25. The zero-order chi connectivity index (χ0) is 23.5. The lowest BCUT2D eigenvalue weighted by atomic mass is 9.91. The third-order valence-electron chi connectivity index (χ3n) is 5.68. The summed E-state index contributed by atoms with van der Waals surface area (Å²) in [6.45, 7) is 0.378. The lowest BCUT2D eigenvalue weighted by Gasteiger charge is -2.27. The Morgan fingerprint density at radius 3 is 2.42 bits per heavy atom. The first-order chi connectivity index (χ1) is 16.0. The van der Waals surface area contributed by atoms with Gasteiger partial charge in [-0.3, -0.25) is 14.4 Å². The zero-order valence-electron chi connectivity index (χ0n) is 18.6. The van der Waals surface area contributed by atoms with E-state index < -0.39 is 18.0 Å². The molecule has 7 nitrogen and oxygen atoms in total. The lowest BCUT2D eigenvalue weighted by molar-refractivity contribution is -0.129. The van der Waals surface area contributed by atoms with Gasteiger partial charge >= 0.3 is 0 Å². The maximum Gasteiger partial charge on any atom is 0.244 e. The van der Waals surface area contributed by atoms with E-state index in [1.54, 1.807) is 6.08 Å². The molecule has 3 amide bonds. The van der Waals surface area contributed by atoms with Crippen LogP contribution in [0.3, 0.4) is 0 Å². The van der Waals surface area contributed by atoms with E-state index in [1.807, 2.05) is 60.7 Å². The molecule has 2 aromatic carbocycles. The van der Waals surface area contributed by atoms with Gasteiger partial charge in [0.05, 0.1) is 12.6 Å². The Balaban J connectivity index is 1.66. The number of hydrogen-bond acceptors (Lipinski definition) is 4. The Morgan fingerprint density at radius 1 is 1.06 bits per heavy atom. The van der Waals surface area contributed by atoms with Crippen molar-refractivity contribution in [1.29, 1.82) is 0 Å². The Morgan fingerprint density at radius 2 is 1.76 bits per heavy atom. The first kappa shape index (κ1) is 24.2. The van der Waals surface area contributed by atoms with Crippen LogP contribution < -0.4 is 16.0 Å². The van der Waals surface area contributed by atoms with Gasteiger partial charge in [0.15, 0.2) is 0 Å². The maximum absolute atomic E-state index is 13.1. The van der Waals surface area contributed by atoms with Gasteiger partial charge in [-0.1, -0.05) is 60.7 Å². The summed E-state index contributed by atoms with van der Waals surface area (Å²) in [5.74, 6) is -1.07. The average molecular weight is 450 g/mol. The van der Waals surface area contributed by atoms with Gasteiger partial charge in [-0.15, -0.1) is 0 Å². The van der Waals surface area contributed by atoms with Crippen molar-refractivity contribution in [2.75, 3.05) is 13.2 Å². The molecule has 0 spiro atoms. The van der Waals surface area contributed by atoms with Crippen LogP contribution in [0, 0.1) is 5.92 Å². The second-order valence-electron chi connectivity index (χ2n) is 8.25. The molecule has 0 aliphatic carbocycles. The number of piperidine rings is 1. The number of hydrogen-bond donors (Lipinski definition) is 4. The Labute approximate surface area is 194 Å². The molecule has 7 heteroatoms. The minimum atomic E-state index is -0.824. The van der Waals surface area contributed by atoms with Gasteiger partial charge < -0.3 is 21.1 Å². The number of amides is 3. The molecule has 0 aromatic heterocycles. The molecule has 33 heavy (non-hydrogen) atoms. The quantitative estimate of drug-likeness (QED) is 0.415. The van der Waals surface area contributed by atoms with Crippen molar-refractivity contribution in [3.05, 3.63) is 77.9 Å². The summed E-state index contributed by atoms with van der Waals surface area (Å²) in [5, 5.41) is 18.2. The molecule has 1 heterocycles. The van der Waals surface area contributed by atoms with Crippen molar-refractivity contribution in [1.82, 2.24) is 16.0 Å². The fourth-order valence-corrected chi connectivity index (χ4v) is 3.90. The summed E-state index contributed by atoms with van der Waals surface area (Å²) >= 11 is 0. The molecular formula is C26H31N3O4. The normalized spacial score (nSPS) is 17.7. The largest absolute Gasteiger partial charge is 0.394 e. The Bertz CT molecular complexity index is 947. The van der Waals surface area contributed by atoms with Crippen LogP contribution in [0.4, 0.5) is 0 Å². The van der Waals surface area contributed by atoms with Crippen molar-refractivity contribution >= 4 is 23.8 Å². The lowest BCUT2D eigenvalue weighted by Crippen LogP contribution is -2.52. The maximum atomic E-state index is 13.1. The van der Waals surface area contributed by atoms with Crippen molar-refractivity contribution in [3.63, 3.8) is 0 Å². The summed E-state index contributed by atoms with van der Waals surface area (Å²) < 4.78 is 0. The summed E-state index contributed by atoms with van der Waals surface area (Å²) in [6, 6.07) is 17.4. The minimum absolute atomic E-state index is 0.0471. The summed E-state index contributed by atoms with van der Waals surface area (Å²) in [5.41, 5.74) is 1.78. The number of aliphatic hydroxyl groups excluding tert-OH is 1. The van der Waals surface area contributed by atoms with Crippen LogP contribution in [0.15, 0.2) is 66.7 Å². The van der Waals surface area contributed by atoms with Crippen LogP contribution in [-0.4, -0.2) is 48.1 Å². The fourth-order valence-electron chi connectivity index (χ4n) is 3.90. The predicted molar refractivity (Wildman–Crippen MR) is 127 cm³/mol. The van der Waals surface area contributed by atoms with E-state index in [2.05, 4.69) is 16.0 Å². The monoisotopic (exact) mass is 449 g/mol. The molecule has 3 rings (SSSR count). The molecule has 0 unspecified atom stereocenters. The number of benzene rings is 2. The fraction of sp³-hybridized carbons (Fsp3) is 0.346. The summed E-state index contributed by atoms with van der Waals surface area (Å²) in [6.07, 6.45) is 5.35. The van der Waals surface area contributed by atoms with E-state index in [-0.39, 0.29) is 24.3 Å². The Hall–Kier alpha value is -3.45. The molecule has 174 valence electrons. The number of nitrogens with one attached hydrogen (secondary N) is 3. The molecular weight excluding hydrogens is 418 g/mol. The molecule has 4 N–H and O–H groups in total. The van der Waals surface area contributed by atoms with Gasteiger partial charge in [0.2, 0.25) is 17.7 Å². The van der Waals surface area contributed by atoms with E-state index in [1.165, 1.54) is 6.08 Å². The highest BCUT2D eigenvalue weighted by Crippen LogP contribution is 2.17. The SMILES string of the molecule is O=C(/C=C/c1ccccc1)N[C@@H](Cc1ccccc1)C(=O)N[C@H](CO)C[C@@H]1CCCNC1=O. The molecule has 1 aliphatic heterocycles. The highest BCUT2D eigenvalue weighted by molar-refractivity contribution is 5.95. The number of rotatable bonds is 10. The van der Waals surface area contributed by atoms with Gasteiger partial charge in [0.25, 0.3) is 0 Å². The van der Waals surface area contributed by atoms with Gasteiger partial charge in [-0.25, -0.2) is 0 Å². The van der Waals surface area contributed by atoms with Gasteiger partial charge in [0.1, 0.15) is 6.04 Å². The van der Waals surface area contributed by atoms with Gasteiger partial charge in [-0.2, -0.15) is 0 Å². The first-order valence-corrected chi connectivity index (χ1v) is 11.3. The average Bonchev–Trinajstić information content (AvgIpc) is 2.84. The molecule has 0 bridgehead atoms. The molecule has 3 atom stereocenters. The Kier molecular flexibility index (Phi) is 9.20. The molecule has 1 aliphatic rings. The van der Waals surface area contributed by atoms with E-state index in [0.29, 0.717) is 19.4 Å². The van der Waals surface area contributed by atoms with Crippen LogP contribution in [-0.2, 0) is 20.8 Å². The standard InChI is InChI=1S/C26H31N3O4/c30-18-22(17-21-12-7-15-27-25(21)32)28-26(33)23(16-20-10-5-2-6-11-20)29-24(31)14-13-19-8-3-1-4-9-19/h1-6,8-11,13-14,21-23,30H,7,12,15-18H2,(H,27,32)(H,28,33)(H,29,31)/b14-13+/t21-,22-,23-/m0/s1. The smallest absolute Gasteiger partial charge is 0.244 e. The van der Waals surface area contributed by atoms with Crippen LogP contribution in [0.2, 0.25) is 0 Å². The number of carbonyl (C=O) groups is 3. The highest BCUT2D eigenvalue weighted by Gasteiger charge is 2.28. The molecule has 1 saturated heterocycles. The van der Waals surface area contributed by atoms with Crippen molar-refractivity contribution in [2.24, 2.45) is 5.92 Å². The van der Waals surface area contributed by atoms with E-state index in [9.17, 15) is 19.5 Å². The van der Waals surface area contributed by atoms with Crippen LogP contribution >= 0.6 is 0 Å². The zero-order valence-corrected chi connectivity index (χ0v) is 18.6. The van der Waals surface area contributed by atoms with Gasteiger partial charge in [-0.05, 0) is 36.5 Å². The minimum Gasteiger partial charge on any atom is -0.394 e. The topological polar surface area (TPSA) is 108 Å². The number of carbonyl (C=O) groups excluding carboxylic acids is 3. The molecule has 0 radical (unpaired) electrons. The first-order valence-electron chi connectivity index (χ1n) is 11.3. The second kappa shape index (κ2) is 12.6. The van der Waals surface area contributed by atoms with Crippen molar-refractivity contribution in [3.8, 4) is 0 Å². The van der Waals surface area contributed by atoms with Crippen LogP contribution in [0.5, 0.6) is 0 Å².